The van der Waals surface area contributed by atoms with Crippen molar-refractivity contribution in [3.05, 3.63) is 77.0 Å². The van der Waals surface area contributed by atoms with Crippen LogP contribution in [0.15, 0.2) is 65.8 Å². The summed E-state index contributed by atoms with van der Waals surface area (Å²) in [4.78, 5) is 12.9. The molecular formula is C20H16F2N4O2. The summed E-state index contributed by atoms with van der Waals surface area (Å²) >= 11 is 0. The number of rotatable bonds is 5. The summed E-state index contributed by atoms with van der Waals surface area (Å²) in [5, 5.41) is 12.1. The summed E-state index contributed by atoms with van der Waals surface area (Å²) in [6, 6.07) is 11.7. The van der Waals surface area contributed by atoms with Crippen LogP contribution in [-0.2, 0) is 6.54 Å². The lowest BCUT2D eigenvalue weighted by Gasteiger charge is -2.14. The Morgan fingerprint density at radius 1 is 1.14 bits per heavy atom. The van der Waals surface area contributed by atoms with E-state index in [2.05, 4.69) is 20.0 Å². The Morgan fingerprint density at radius 2 is 2.00 bits per heavy atom. The lowest BCUT2D eigenvalue weighted by molar-refractivity contribution is -0.158. The lowest BCUT2D eigenvalue weighted by atomic mass is 10.1. The summed E-state index contributed by atoms with van der Waals surface area (Å²) in [5.74, 6) is 0.0288. The van der Waals surface area contributed by atoms with Crippen LogP contribution in [0.4, 0.5) is 8.78 Å². The molecule has 0 fully saturated rings. The van der Waals surface area contributed by atoms with E-state index in [0.29, 0.717) is 17.9 Å². The van der Waals surface area contributed by atoms with Gasteiger partial charge in [-0.1, -0.05) is 24.3 Å². The SMILES string of the molecule is CC(F)(F)Oc1cccc(Cn2ncc3ccc(-c4cn[nH]c4)cc3c2=O)c1. The zero-order valence-corrected chi connectivity index (χ0v) is 14.9. The lowest BCUT2D eigenvalue weighted by Crippen LogP contribution is -2.23. The van der Waals surface area contributed by atoms with Gasteiger partial charge in [0.15, 0.2) is 0 Å². The van der Waals surface area contributed by atoms with Gasteiger partial charge in [-0.15, -0.1) is 0 Å². The number of H-pyrrole nitrogens is 1. The third kappa shape index (κ3) is 3.75. The molecule has 4 aromatic rings. The molecule has 0 unspecified atom stereocenters. The maximum atomic E-state index is 13.1. The number of aromatic amines is 1. The van der Waals surface area contributed by atoms with E-state index in [1.165, 1.54) is 16.8 Å². The van der Waals surface area contributed by atoms with Crippen molar-refractivity contribution in [2.24, 2.45) is 0 Å². The standard InChI is InChI=1S/C20H16F2N4O2/c1-20(21,22)28-17-4-2-3-13(7-17)12-26-19(27)18-8-14(16-9-23-24-10-16)5-6-15(18)11-25-26/h2-11H,12H2,1H3,(H,23,24). The van der Waals surface area contributed by atoms with Gasteiger partial charge in [0.25, 0.3) is 5.56 Å². The molecule has 2 aromatic heterocycles. The van der Waals surface area contributed by atoms with E-state index in [9.17, 15) is 13.6 Å². The fourth-order valence-corrected chi connectivity index (χ4v) is 2.97. The number of fused-ring (bicyclic) bond motifs is 1. The fraction of sp³-hybridized carbons (Fsp3) is 0.150. The zero-order chi connectivity index (χ0) is 19.7. The van der Waals surface area contributed by atoms with Crippen molar-refractivity contribution < 1.29 is 13.5 Å². The fourth-order valence-electron chi connectivity index (χ4n) is 2.97. The van der Waals surface area contributed by atoms with E-state index < -0.39 is 6.11 Å². The summed E-state index contributed by atoms with van der Waals surface area (Å²) in [7, 11) is 0. The molecule has 28 heavy (non-hydrogen) atoms. The molecule has 0 radical (unpaired) electrons. The highest BCUT2D eigenvalue weighted by Crippen LogP contribution is 2.23. The first kappa shape index (κ1) is 17.8. The number of hydrogen-bond acceptors (Lipinski definition) is 4. The van der Waals surface area contributed by atoms with Crippen molar-refractivity contribution in [3.8, 4) is 16.9 Å². The van der Waals surface area contributed by atoms with Gasteiger partial charge in [-0.2, -0.15) is 19.0 Å². The first-order chi connectivity index (χ1) is 13.4. The Hall–Kier alpha value is -3.55. The molecule has 8 heteroatoms. The van der Waals surface area contributed by atoms with Gasteiger partial charge in [0, 0.05) is 24.1 Å². The summed E-state index contributed by atoms with van der Waals surface area (Å²) in [5.41, 5.74) is 2.09. The van der Waals surface area contributed by atoms with Crippen LogP contribution >= 0.6 is 0 Å². The van der Waals surface area contributed by atoms with Crippen LogP contribution in [0.2, 0.25) is 0 Å². The average Bonchev–Trinajstić information content (AvgIpc) is 3.17. The highest BCUT2D eigenvalue weighted by atomic mass is 19.3. The second-order valence-corrected chi connectivity index (χ2v) is 6.45. The van der Waals surface area contributed by atoms with Crippen LogP contribution in [-0.4, -0.2) is 26.1 Å². The second-order valence-electron chi connectivity index (χ2n) is 6.45. The van der Waals surface area contributed by atoms with Gasteiger partial charge in [0.05, 0.1) is 24.3 Å². The number of aromatic nitrogens is 4. The van der Waals surface area contributed by atoms with Crippen LogP contribution in [0.5, 0.6) is 5.75 Å². The molecule has 0 saturated carbocycles. The molecule has 0 atom stereocenters. The van der Waals surface area contributed by atoms with E-state index in [4.69, 9.17) is 0 Å². The Bertz CT molecular complexity index is 1180. The van der Waals surface area contributed by atoms with Crippen LogP contribution in [0.1, 0.15) is 12.5 Å². The third-order valence-corrected chi connectivity index (χ3v) is 4.21. The Kier molecular flexibility index (Phi) is 4.38. The highest BCUT2D eigenvalue weighted by Gasteiger charge is 2.23. The van der Waals surface area contributed by atoms with Crippen LogP contribution in [0, 0.1) is 0 Å². The number of alkyl halides is 2. The van der Waals surface area contributed by atoms with Crippen LogP contribution in [0.3, 0.4) is 0 Å². The predicted molar refractivity (Wildman–Crippen MR) is 100 cm³/mol. The summed E-state index contributed by atoms with van der Waals surface area (Å²) < 4.78 is 32.0. The van der Waals surface area contributed by atoms with E-state index in [0.717, 1.165) is 16.5 Å². The largest absolute Gasteiger partial charge is 0.433 e. The Balaban J connectivity index is 1.69. The normalized spacial score (nSPS) is 11.7. The van der Waals surface area contributed by atoms with Crippen LogP contribution < -0.4 is 10.3 Å². The minimum Gasteiger partial charge on any atom is -0.433 e. The molecule has 0 aliphatic heterocycles. The van der Waals surface area contributed by atoms with Crippen molar-refractivity contribution in [2.75, 3.05) is 0 Å². The molecule has 4 rings (SSSR count). The number of ether oxygens (including phenoxy) is 1. The summed E-state index contributed by atoms with van der Waals surface area (Å²) in [6.45, 7) is 0.809. The highest BCUT2D eigenvalue weighted by molar-refractivity contribution is 5.85. The molecule has 6 nitrogen and oxygen atoms in total. The number of halogens is 2. The second kappa shape index (κ2) is 6.88. The number of nitrogens with zero attached hydrogens (tertiary/aromatic N) is 3. The van der Waals surface area contributed by atoms with Crippen molar-refractivity contribution in [3.63, 3.8) is 0 Å². The smallest absolute Gasteiger partial charge is 0.394 e. The molecule has 2 heterocycles. The first-order valence-electron chi connectivity index (χ1n) is 8.54. The Morgan fingerprint density at radius 3 is 2.75 bits per heavy atom. The number of benzene rings is 2. The van der Waals surface area contributed by atoms with Gasteiger partial charge in [-0.25, -0.2) is 4.68 Å². The molecule has 0 saturated heterocycles. The maximum absolute atomic E-state index is 13.1. The molecule has 0 bridgehead atoms. The van der Waals surface area contributed by atoms with Crippen molar-refractivity contribution >= 4 is 10.8 Å². The number of hydrogen-bond donors (Lipinski definition) is 1. The van der Waals surface area contributed by atoms with Gasteiger partial charge in [0.1, 0.15) is 5.75 Å². The van der Waals surface area contributed by atoms with Crippen molar-refractivity contribution in [2.45, 2.75) is 19.6 Å². The van der Waals surface area contributed by atoms with Crippen LogP contribution in [0.25, 0.3) is 21.9 Å². The monoisotopic (exact) mass is 382 g/mol. The van der Waals surface area contributed by atoms with Gasteiger partial charge in [-0.3, -0.25) is 9.89 Å². The number of nitrogens with one attached hydrogen (secondary N) is 1. The molecule has 0 aliphatic rings. The van der Waals surface area contributed by atoms with E-state index >= 15 is 0 Å². The first-order valence-corrected chi connectivity index (χ1v) is 8.54. The third-order valence-electron chi connectivity index (χ3n) is 4.21. The minimum absolute atomic E-state index is 0.0288. The maximum Gasteiger partial charge on any atom is 0.394 e. The van der Waals surface area contributed by atoms with Crippen molar-refractivity contribution in [1.82, 2.24) is 20.0 Å². The van der Waals surface area contributed by atoms with Gasteiger partial charge >= 0.3 is 6.11 Å². The van der Waals surface area contributed by atoms with Crippen molar-refractivity contribution in [1.29, 1.82) is 0 Å². The van der Waals surface area contributed by atoms with Gasteiger partial charge in [0.2, 0.25) is 0 Å². The topological polar surface area (TPSA) is 72.8 Å². The molecule has 142 valence electrons. The molecule has 0 aliphatic carbocycles. The molecule has 2 aromatic carbocycles. The van der Waals surface area contributed by atoms with E-state index in [1.54, 1.807) is 36.8 Å². The van der Waals surface area contributed by atoms with E-state index in [-0.39, 0.29) is 17.9 Å². The van der Waals surface area contributed by atoms with Gasteiger partial charge < -0.3 is 4.74 Å². The quantitative estimate of drug-likeness (QED) is 0.569. The average molecular weight is 382 g/mol. The summed E-state index contributed by atoms with van der Waals surface area (Å²) in [6.07, 6.45) is 1.75. The Labute approximate surface area is 158 Å². The zero-order valence-electron chi connectivity index (χ0n) is 14.9. The molecule has 0 spiro atoms. The van der Waals surface area contributed by atoms with E-state index in [1.807, 2.05) is 12.1 Å². The predicted octanol–water partition coefficient (Wildman–Crippen LogP) is 3.83. The molecule has 1 N–H and O–H groups in total. The minimum atomic E-state index is -3.28. The van der Waals surface area contributed by atoms with Gasteiger partial charge in [-0.05, 0) is 29.3 Å². The molecule has 0 amide bonds. The molecular weight excluding hydrogens is 366 g/mol.